The zero-order valence-corrected chi connectivity index (χ0v) is 19.6. The standard InChI is InChI=1S/C23H29N3O3S2/c1-3-21(17-9-13-20(14-10-17)31(2,28)29)25-23(30)24-19-11-7-18(8-12-19)22(27)26-15-5-4-6-16-26/h7-14,21H,3-6,15-16H2,1-2H3,(H2,24,25,30). The maximum Gasteiger partial charge on any atom is 0.253 e. The van der Waals surface area contributed by atoms with Gasteiger partial charge in [-0.05, 0) is 79.9 Å². The smallest absolute Gasteiger partial charge is 0.253 e. The third-order valence-corrected chi connectivity index (χ3v) is 6.81. The Kier molecular flexibility index (Phi) is 7.67. The van der Waals surface area contributed by atoms with Gasteiger partial charge in [-0.15, -0.1) is 0 Å². The lowest BCUT2D eigenvalue weighted by Crippen LogP contribution is -2.35. The van der Waals surface area contributed by atoms with E-state index in [1.807, 2.05) is 36.1 Å². The van der Waals surface area contributed by atoms with Crippen molar-refractivity contribution in [1.82, 2.24) is 10.2 Å². The van der Waals surface area contributed by atoms with E-state index in [9.17, 15) is 13.2 Å². The normalized spacial score (nSPS) is 15.2. The zero-order chi connectivity index (χ0) is 22.4. The summed E-state index contributed by atoms with van der Waals surface area (Å²) in [5.41, 5.74) is 2.44. The lowest BCUT2D eigenvalue weighted by molar-refractivity contribution is 0.0724. The van der Waals surface area contributed by atoms with E-state index in [-0.39, 0.29) is 11.9 Å². The predicted molar refractivity (Wildman–Crippen MR) is 128 cm³/mol. The van der Waals surface area contributed by atoms with Crippen LogP contribution in [0.25, 0.3) is 0 Å². The summed E-state index contributed by atoms with van der Waals surface area (Å²) < 4.78 is 23.3. The molecule has 2 N–H and O–H groups in total. The molecule has 1 aliphatic rings. The average molecular weight is 460 g/mol. The molecule has 0 spiro atoms. The van der Waals surface area contributed by atoms with Gasteiger partial charge in [0.15, 0.2) is 14.9 Å². The van der Waals surface area contributed by atoms with Crippen molar-refractivity contribution in [2.24, 2.45) is 0 Å². The molecule has 0 aliphatic carbocycles. The molecule has 6 nitrogen and oxygen atoms in total. The summed E-state index contributed by atoms with van der Waals surface area (Å²) in [6.07, 6.45) is 5.31. The molecular formula is C23H29N3O3S2. The molecule has 166 valence electrons. The number of likely N-dealkylation sites (tertiary alicyclic amines) is 1. The fourth-order valence-corrected chi connectivity index (χ4v) is 4.56. The first-order valence-electron chi connectivity index (χ1n) is 10.5. The summed E-state index contributed by atoms with van der Waals surface area (Å²) in [5, 5.41) is 6.90. The first-order valence-corrected chi connectivity index (χ1v) is 12.8. The molecule has 31 heavy (non-hydrogen) atoms. The Labute approximate surface area is 190 Å². The van der Waals surface area contributed by atoms with Crippen molar-refractivity contribution in [3.8, 4) is 0 Å². The Balaban J connectivity index is 1.59. The van der Waals surface area contributed by atoms with E-state index in [1.165, 1.54) is 12.7 Å². The second kappa shape index (κ2) is 10.2. The van der Waals surface area contributed by atoms with Gasteiger partial charge in [0.1, 0.15) is 0 Å². The van der Waals surface area contributed by atoms with Crippen molar-refractivity contribution in [3.05, 3.63) is 59.7 Å². The molecule has 8 heteroatoms. The Morgan fingerprint density at radius 2 is 1.65 bits per heavy atom. The van der Waals surface area contributed by atoms with E-state index in [1.54, 1.807) is 24.3 Å². The molecular weight excluding hydrogens is 430 g/mol. The zero-order valence-electron chi connectivity index (χ0n) is 17.9. The summed E-state index contributed by atoms with van der Waals surface area (Å²) in [5.74, 6) is 0.0792. The topological polar surface area (TPSA) is 78.5 Å². The van der Waals surface area contributed by atoms with Gasteiger partial charge >= 0.3 is 0 Å². The van der Waals surface area contributed by atoms with Crippen LogP contribution in [0.4, 0.5) is 5.69 Å². The fourth-order valence-electron chi connectivity index (χ4n) is 3.67. The Hall–Kier alpha value is -2.45. The highest BCUT2D eigenvalue weighted by Crippen LogP contribution is 2.20. The minimum Gasteiger partial charge on any atom is -0.356 e. The molecule has 1 amide bonds. The van der Waals surface area contributed by atoms with E-state index < -0.39 is 9.84 Å². The van der Waals surface area contributed by atoms with Crippen molar-refractivity contribution in [3.63, 3.8) is 0 Å². The third kappa shape index (κ3) is 6.27. The summed E-state index contributed by atoms with van der Waals surface area (Å²) >= 11 is 5.46. The number of rotatable bonds is 6. The number of hydrogen-bond acceptors (Lipinski definition) is 4. The number of nitrogens with zero attached hydrogens (tertiary/aromatic N) is 1. The van der Waals surface area contributed by atoms with Crippen molar-refractivity contribution in [2.45, 2.75) is 43.5 Å². The highest BCUT2D eigenvalue weighted by atomic mass is 32.2. The van der Waals surface area contributed by atoms with Crippen molar-refractivity contribution in [1.29, 1.82) is 0 Å². The first kappa shape index (κ1) is 23.2. The number of amides is 1. The molecule has 2 aromatic carbocycles. The summed E-state index contributed by atoms with van der Waals surface area (Å²) in [6, 6.07) is 14.1. The maximum absolute atomic E-state index is 12.6. The molecule has 1 heterocycles. The second-order valence-electron chi connectivity index (χ2n) is 7.83. The van der Waals surface area contributed by atoms with E-state index in [2.05, 4.69) is 10.6 Å². The van der Waals surface area contributed by atoms with Crippen LogP contribution in [0.15, 0.2) is 53.4 Å². The number of thiocarbonyl (C=S) groups is 1. The number of hydrogen-bond donors (Lipinski definition) is 2. The van der Waals surface area contributed by atoms with Gasteiger partial charge in [-0.1, -0.05) is 19.1 Å². The van der Waals surface area contributed by atoms with Gasteiger partial charge < -0.3 is 15.5 Å². The van der Waals surface area contributed by atoms with E-state index in [4.69, 9.17) is 12.2 Å². The van der Waals surface area contributed by atoms with Crippen LogP contribution in [0.3, 0.4) is 0 Å². The quantitative estimate of drug-likeness (QED) is 0.632. The van der Waals surface area contributed by atoms with Crippen molar-refractivity contribution >= 4 is 38.8 Å². The molecule has 0 radical (unpaired) electrons. The van der Waals surface area contributed by atoms with Crippen LogP contribution in [-0.4, -0.2) is 43.7 Å². The van der Waals surface area contributed by atoms with Gasteiger partial charge in [0.25, 0.3) is 5.91 Å². The van der Waals surface area contributed by atoms with Gasteiger partial charge in [-0.25, -0.2) is 8.42 Å². The third-order valence-electron chi connectivity index (χ3n) is 5.46. The second-order valence-corrected chi connectivity index (χ2v) is 10.3. The van der Waals surface area contributed by atoms with Gasteiger partial charge in [0.2, 0.25) is 0 Å². The molecule has 2 aromatic rings. The molecule has 1 saturated heterocycles. The summed E-state index contributed by atoms with van der Waals surface area (Å²) in [6.45, 7) is 3.69. The number of piperidine rings is 1. The molecule has 0 bridgehead atoms. The number of nitrogens with one attached hydrogen (secondary N) is 2. The van der Waals surface area contributed by atoms with Crippen LogP contribution >= 0.6 is 12.2 Å². The Morgan fingerprint density at radius 3 is 2.19 bits per heavy atom. The number of carbonyl (C=O) groups excluding carboxylic acids is 1. The highest BCUT2D eigenvalue weighted by Gasteiger charge is 2.18. The van der Waals surface area contributed by atoms with Crippen molar-refractivity contribution in [2.75, 3.05) is 24.7 Å². The van der Waals surface area contributed by atoms with E-state index in [0.717, 1.165) is 43.6 Å². The Morgan fingerprint density at radius 1 is 1.03 bits per heavy atom. The van der Waals surface area contributed by atoms with Crippen LogP contribution in [0.1, 0.15) is 54.6 Å². The first-order chi connectivity index (χ1) is 14.8. The van der Waals surface area contributed by atoms with Crippen LogP contribution < -0.4 is 10.6 Å². The molecule has 1 atom stereocenters. The molecule has 0 saturated carbocycles. The van der Waals surface area contributed by atoms with Crippen LogP contribution in [0, 0.1) is 0 Å². The van der Waals surface area contributed by atoms with Crippen LogP contribution in [0.5, 0.6) is 0 Å². The largest absolute Gasteiger partial charge is 0.356 e. The number of benzene rings is 2. The van der Waals surface area contributed by atoms with Crippen LogP contribution in [0.2, 0.25) is 0 Å². The minimum atomic E-state index is -3.22. The van der Waals surface area contributed by atoms with Gasteiger partial charge in [-0.3, -0.25) is 4.79 Å². The Bertz CT molecular complexity index is 1010. The number of anilines is 1. The number of carbonyl (C=O) groups is 1. The lowest BCUT2D eigenvalue weighted by atomic mass is 10.1. The van der Waals surface area contributed by atoms with E-state index >= 15 is 0 Å². The molecule has 1 unspecified atom stereocenters. The molecule has 3 rings (SSSR count). The highest BCUT2D eigenvalue weighted by molar-refractivity contribution is 7.90. The van der Waals surface area contributed by atoms with E-state index in [0.29, 0.717) is 15.6 Å². The van der Waals surface area contributed by atoms with Gasteiger partial charge in [0, 0.05) is 30.6 Å². The molecule has 0 aromatic heterocycles. The molecule has 1 fully saturated rings. The minimum absolute atomic E-state index is 0.0476. The SMILES string of the molecule is CCC(NC(=S)Nc1ccc(C(=O)N2CCCCC2)cc1)c1ccc(S(C)(=O)=O)cc1. The fraction of sp³-hybridized carbons (Fsp3) is 0.391. The summed E-state index contributed by atoms with van der Waals surface area (Å²) in [7, 11) is -3.22. The van der Waals surface area contributed by atoms with Crippen LogP contribution in [-0.2, 0) is 9.84 Å². The molecule has 1 aliphatic heterocycles. The predicted octanol–water partition coefficient (Wildman–Crippen LogP) is 4.15. The van der Waals surface area contributed by atoms with Crippen molar-refractivity contribution < 1.29 is 13.2 Å². The maximum atomic E-state index is 12.6. The van der Waals surface area contributed by atoms with Gasteiger partial charge in [-0.2, -0.15) is 0 Å². The van der Waals surface area contributed by atoms with Gasteiger partial charge in [0.05, 0.1) is 10.9 Å². The average Bonchev–Trinajstić information content (AvgIpc) is 2.77. The number of sulfone groups is 1. The lowest BCUT2D eigenvalue weighted by Gasteiger charge is -2.26. The monoisotopic (exact) mass is 459 g/mol. The summed E-state index contributed by atoms with van der Waals surface area (Å²) in [4.78, 5) is 14.8.